The zero-order chi connectivity index (χ0) is 14.3. The number of halogens is 1. The molecule has 1 aliphatic rings. The summed E-state index contributed by atoms with van der Waals surface area (Å²) in [5.41, 5.74) is 2.11. The van der Waals surface area contributed by atoms with Crippen molar-refractivity contribution in [1.82, 2.24) is 5.16 Å². The first-order valence-electron chi connectivity index (χ1n) is 6.18. The van der Waals surface area contributed by atoms with Gasteiger partial charge < -0.3 is 14.4 Å². The van der Waals surface area contributed by atoms with Crippen molar-refractivity contribution >= 4 is 17.6 Å². The number of benzene rings is 1. The lowest BCUT2D eigenvalue weighted by molar-refractivity contribution is 0.0652. The van der Waals surface area contributed by atoms with Gasteiger partial charge in [0, 0.05) is 22.2 Å². The largest absolute Gasteiger partial charge is 0.496 e. The first kappa shape index (κ1) is 13.0. The Balaban J connectivity index is 2.05. The first-order chi connectivity index (χ1) is 9.60. The van der Waals surface area contributed by atoms with E-state index in [1.54, 1.807) is 13.2 Å². The molecule has 1 aromatic heterocycles. The topological polar surface area (TPSA) is 72.6 Å². The minimum atomic E-state index is -1.16. The van der Waals surface area contributed by atoms with Gasteiger partial charge in [-0.2, -0.15) is 0 Å². The molecule has 0 bridgehead atoms. The second-order valence-electron chi connectivity index (χ2n) is 4.73. The van der Waals surface area contributed by atoms with Gasteiger partial charge >= 0.3 is 5.97 Å². The van der Waals surface area contributed by atoms with Gasteiger partial charge in [0.2, 0.25) is 5.76 Å². The second kappa shape index (κ2) is 4.83. The van der Waals surface area contributed by atoms with Crippen molar-refractivity contribution in [3.8, 4) is 17.0 Å². The van der Waals surface area contributed by atoms with Crippen molar-refractivity contribution in [2.75, 3.05) is 7.11 Å². The highest BCUT2D eigenvalue weighted by molar-refractivity contribution is 6.32. The molecular weight excluding hydrogens is 282 g/mol. The lowest BCUT2D eigenvalue weighted by Crippen LogP contribution is -1.93. The number of carboxylic acids is 1. The van der Waals surface area contributed by atoms with Crippen LogP contribution in [0.2, 0.25) is 5.02 Å². The van der Waals surface area contributed by atoms with Crippen LogP contribution in [0.25, 0.3) is 11.3 Å². The highest BCUT2D eigenvalue weighted by atomic mass is 35.5. The lowest BCUT2D eigenvalue weighted by atomic mass is 10.0. The number of nitrogens with zero attached hydrogens (tertiary/aromatic N) is 1. The average molecular weight is 294 g/mol. The summed E-state index contributed by atoms with van der Waals surface area (Å²) < 4.78 is 10.1. The Morgan fingerprint density at radius 2 is 2.20 bits per heavy atom. The van der Waals surface area contributed by atoms with Crippen LogP contribution in [0.1, 0.15) is 34.9 Å². The highest BCUT2D eigenvalue weighted by Gasteiger charge is 2.30. The smallest absolute Gasteiger partial charge is 0.374 e. The SMILES string of the molecule is COc1cc(-c2cc(C(=O)O)on2)cc(Cl)c1C1CC1. The molecule has 1 aromatic carbocycles. The van der Waals surface area contributed by atoms with Gasteiger partial charge in [0.25, 0.3) is 0 Å². The molecule has 3 rings (SSSR count). The Hall–Kier alpha value is -2.01. The van der Waals surface area contributed by atoms with Gasteiger partial charge in [-0.3, -0.25) is 0 Å². The van der Waals surface area contributed by atoms with Crippen LogP contribution in [0.4, 0.5) is 0 Å². The molecule has 0 amide bonds. The Labute approximate surface area is 120 Å². The van der Waals surface area contributed by atoms with Crippen molar-refractivity contribution in [2.24, 2.45) is 0 Å². The van der Waals surface area contributed by atoms with Crippen molar-refractivity contribution in [1.29, 1.82) is 0 Å². The molecule has 0 unspecified atom stereocenters. The third-order valence-electron chi connectivity index (χ3n) is 3.31. The average Bonchev–Trinajstić information content (AvgIpc) is 3.12. The quantitative estimate of drug-likeness (QED) is 0.932. The minimum Gasteiger partial charge on any atom is -0.496 e. The first-order valence-corrected chi connectivity index (χ1v) is 6.55. The standard InChI is InChI=1S/C14H12ClNO4/c1-19-11-5-8(4-9(15)13(11)7-2-3-7)10-6-12(14(17)18)20-16-10/h4-7H,2-3H2,1H3,(H,17,18). The summed E-state index contributed by atoms with van der Waals surface area (Å²) in [6, 6.07) is 4.94. The summed E-state index contributed by atoms with van der Waals surface area (Å²) in [6.07, 6.45) is 2.23. The van der Waals surface area contributed by atoms with Gasteiger partial charge in [0.15, 0.2) is 0 Å². The Bertz CT molecular complexity index is 676. The zero-order valence-corrected chi connectivity index (χ0v) is 11.5. The lowest BCUT2D eigenvalue weighted by Gasteiger charge is -2.11. The summed E-state index contributed by atoms with van der Waals surface area (Å²) in [6.45, 7) is 0. The van der Waals surface area contributed by atoms with Gasteiger partial charge in [-0.05, 0) is 30.9 Å². The summed E-state index contributed by atoms with van der Waals surface area (Å²) in [5, 5.41) is 13.2. The molecule has 0 aliphatic heterocycles. The van der Waals surface area contributed by atoms with Crippen molar-refractivity contribution in [2.45, 2.75) is 18.8 Å². The van der Waals surface area contributed by atoms with Crippen molar-refractivity contribution in [3.05, 3.63) is 34.5 Å². The van der Waals surface area contributed by atoms with Gasteiger partial charge in [0.05, 0.1) is 7.11 Å². The van der Waals surface area contributed by atoms with E-state index in [4.69, 9.17) is 26.0 Å². The van der Waals surface area contributed by atoms with Crippen LogP contribution in [-0.2, 0) is 0 Å². The van der Waals surface area contributed by atoms with Crippen LogP contribution >= 0.6 is 11.6 Å². The van der Waals surface area contributed by atoms with Crippen LogP contribution in [0.3, 0.4) is 0 Å². The number of hydrogen-bond donors (Lipinski definition) is 1. The summed E-state index contributed by atoms with van der Waals surface area (Å²) in [7, 11) is 1.59. The van der Waals surface area contributed by atoms with Crippen LogP contribution in [0, 0.1) is 0 Å². The molecule has 0 atom stereocenters. The zero-order valence-electron chi connectivity index (χ0n) is 10.7. The molecular formula is C14H12ClNO4. The van der Waals surface area contributed by atoms with E-state index < -0.39 is 5.97 Å². The van der Waals surface area contributed by atoms with E-state index in [1.165, 1.54) is 6.07 Å². The number of carbonyl (C=O) groups is 1. The van der Waals surface area contributed by atoms with E-state index in [2.05, 4.69) is 5.16 Å². The maximum atomic E-state index is 10.8. The minimum absolute atomic E-state index is 0.207. The molecule has 0 saturated heterocycles. The molecule has 1 aliphatic carbocycles. The fraction of sp³-hybridized carbons (Fsp3) is 0.286. The number of aromatic nitrogens is 1. The van der Waals surface area contributed by atoms with Crippen LogP contribution < -0.4 is 4.74 Å². The number of methoxy groups -OCH3 is 1. The van der Waals surface area contributed by atoms with Crippen molar-refractivity contribution in [3.63, 3.8) is 0 Å². The maximum Gasteiger partial charge on any atom is 0.374 e. The van der Waals surface area contributed by atoms with E-state index in [9.17, 15) is 4.79 Å². The molecule has 0 radical (unpaired) electrons. The summed E-state index contributed by atoms with van der Waals surface area (Å²) in [4.78, 5) is 10.8. The van der Waals surface area contributed by atoms with Crippen LogP contribution in [-0.4, -0.2) is 23.3 Å². The van der Waals surface area contributed by atoms with Gasteiger partial charge in [-0.1, -0.05) is 16.8 Å². The van der Waals surface area contributed by atoms with Crippen LogP contribution in [0.15, 0.2) is 22.7 Å². The van der Waals surface area contributed by atoms with Gasteiger partial charge in [-0.25, -0.2) is 4.79 Å². The summed E-state index contributed by atoms with van der Waals surface area (Å²) in [5.74, 6) is -0.203. The number of ether oxygens (including phenoxy) is 1. The molecule has 1 saturated carbocycles. The molecule has 1 heterocycles. The molecule has 6 heteroatoms. The molecule has 20 heavy (non-hydrogen) atoms. The molecule has 0 spiro atoms. The molecule has 1 N–H and O–H groups in total. The highest BCUT2D eigenvalue weighted by Crippen LogP contribution is 2.48. The van der Waals surface area contributed by atoms with E-state index in [0.717, 1.165) is 18.4 Å². The van der Waals surface area contributed by atoms with E-state index in [0.29, 0.717) is 27.9 Å². The van der Waals surface area contributed by atoms with E-state index in [1.807, 2.05) is 6.07 Å². The third kappa shape index (κ3) is 2.25. The Kier molecular flexibility index (Phi) is 3.14. The molecule has 2 aromatic rings. The fourth-order valence-corrected chi connectivity index (χ4v) is 2.55. The Morgan fingerprint density at radius 3 is 2.75 bits per heavy atom. The monoisotopic (exact) mass is 293 g/mol. The predicted molar refractivity (Wildman–Crippen MR) is 72.4 cm³/mol. The van der Waals surface area contributed by atoms with Gasteiger partial charge in [-0.15, -0.1) is 0 Å². The second-order valence-corrected chi connectivity index (χ2v) is 5.14. The number of rotatable bonds is 4. The number of hydrogen-bond acceptors (Lipinski definition) is 4. The van der Waals surface area contributed by atoms with Gasteiger partial charge in [0.1, 0.15) is 11.4 Å². The molecule has 104 valence electrons. The maximum absolute atomic E-state index is 10.8. The number of carboxylic acid groups (broad SMARTS) is 1. The Morgan fingerprint density at radius 1 is 1.45 bits per heavy atom. The van der Waals surface area contributed by atoms with E-state index in [-0.39, 0.29) is 5.76 Å². The van der Waals surface area contributed by atoms with Crippen molar-refractivity contribution < 1.29 is 19.2 Å². The molecule has 1 fully saturated rings. The summed E-state index contributed by atoms with van der Waals surface area (Å²) >= 11 is 6.31. The normalized spacial score (nSPS) is 14.3. The van der Waals surface area contributed by atoms with E-state index >= 15 is 0 Å². The third-order valence-corrected chi connectivity index (χ3v) is 3.63. The predicted octanol–water partition coefficient (Wildman–Crippen LogP) is 3.58. The number of aromatic carboxylic acids is 1. The molecule has 5 nitrogen and oxygen atoms in total. The van der Waals surface area contributed by atoms with Crippen LogP contribution in [0.5, 0.6) is 5.75 Å². The fourth-order valence-electron chi connectivity index (χ4n) is 2.19.